The smallest absolute Gasteiger partial charge is 0.183 e. The minimum absolute atomic E-state index is 0.168. The summed E-state index contributed by atoms with van der Waals surface area (Å²) >= 11 is 6.04. The Morgan fingerprint density at radius 1 is 1.17 bits per heavy atom. The fourth-order valence-corrected chi connectivity index (χ4v) is 5.77. The number of nitrogens with two attached hydrogens (primary N) is 1. The van der Waals surface area contributed by atoms with E-state index in [1.165, 1.54) is 7.11 Å². The number of halogens is 1. The van der Waals surface area contributed by atoms with Crippen molar-refractivity contribution in [2.45, 2.75) is 21.6 Å². The van der Waals surface area contributed by atoms with Gasteiger partial charge < -0.3 is 10.5 Å². The van der Waals surface area contributed by atoms with E-state index in [0.717, 1.165) is 5.56 Å². The van der Waals surface area contributed by atoms with E-state index in [0.29, 0.717) is 5.02 Å². The quantitative estimate of drug-likeness (QED) is 0.899. The van der Waals surface area contributed by atoms with E-state index in [1.807, 2.05) is 6.07 Å². The molecule has 0 heterocycles. The maximum atomic E-state index is 13.0. The second-order valence-electron chi connectivity index (χ2n) is 5.86. The van der Waals surface area contributed by atoms with Gasteiger partial charge in [-0.05, 0) is 29.8 Å². The predicted octanol–water partition coefficient (Wildman–Crippen LogP) is 2.62. The van der Waals surface area contributed by atoms with Gasteiger partial charge in [-0.15, -0.1) is 0 Å². The lowest BCUT2D eigenvalue weighted by Crippen LogP contribution is -2.35. The third-order valence-corrected chi connectivity index (χ3v) is 6.85. The largest absolute Gasteiger partial charge is 0.383 e. The molecule has 1 aliphatic carbocycles. The Morgan fingerprint density at radius 2 is 1.87 bits per heavy atom. The molecule has 0 unspecified atom stereocenters. The molecule has 0 spiro atoms. The Kier molecular flexibility index (Phi) is 4.23. The molecule has 3 atom stereocenters. The van der Waals surface area contributed by atoms with Gasteiger partial charge in [0.15, 0.2) is 9.84 Å². The zero-order valence-electron chi connectivity index (χ0n) is 12.6. The first kappa shape index (κ1) is 16.5. The summed E-state index contributed by atoms with van der Waals surface area (Å²) in [4.78, 5) is 0.278. The lowest BCUT2D eigenvalue weighted by Gasteiger charge is -2.11. The van der Waals surface area contributed by atoms with Crippen molar-refractivity contribution >= 4 is 21.4 Å². The van der Waals surface area contributed by atoms with Gasteiger partial charge in [-0.3, -0.25) is 0 Å². The maximum Gasteiger partial charge on any atom is 0.183 e. The molecule has 2 aromatic rings. The summed E-state index contributed by atoms with van der Waals surface area (Å²) in [5.41, 5.74) is 6.27. The van der Waals surface area contributed by atoms with Crippen LogP contribution in [-0.4, -0.2) is 32.9 Å². The Bertz CT molecular complexity index is 810. The molecule has 2 aromatic carbocycles. The Balaban J connectivity index is 2.04. The normalized spacial score (nSPS) is 26.9. The number of sulfone groups is 1. The van der Waals surface area contributed by atoms with Crippen LogP contribution in [0.25, 0.3) is 0 Å². The van der Waals surface area contributed by atoms with Crippen molar-refractivity contribution in [3.05, 3.63) is 65.2 Å². The van der Waals surface area contributed by atoms with Crippen LogP contribution in [0.2, 0.25) is 5.02 Å². The number of benzene rings is 2. The molecular formula is C17H18ClNO3S. The molecule has 0 amide bonds. The number of methoxy groups -OCH3 is 1. The average molecular weight is 352 g/mol. The minimum atomic E-state index is -3.55. The van der Waals surface area contributed by atoms with E-state index >= 15 is 0 Å². The number of hydrogen-bond acceptors (Lipinski definition) is 4. The summed E-state index contributed by atoms with van der Waals surface area (Å²) < 4.78 is 31.2. The molecule has 23 heavy (non-hydrogen) atoms. The van der Waals surface area contributed by atoms with Gasteiger partial charge in [-0.2, -0.15) is 0 Å². The molecule has 4 nitrogen and oxygen atoms in total. The molecule has 0 aliphatic heterocycles. The number of rotatable bonds is 5. The van der Waals surface area contributed by atoms with Crippen LogP contribution in [0.5, 0.6) is 0 Å². The summed E-state index contributed by atoms with van der Waals surface area (Å²) in [6.45, 7) is 0.168. The topological polar surface area (TPSA) is 69.4 Å². The standard InChI is InChI=1S/C17H18ClNO3S/c1-22-11-17(19)15(12-6-5-7-13(18)10-12)16(17)23(20,21)14-8-3-2-4-9-14/h2-10,15-16H,11,19H2,1H3/t15-,16-,17+/m1/s1. The molecular weight excluding hydrogens is 334 g/mol. The Morgan fingerprint density at radius 3 is 2.48 bits per heavy atom. The number of ether oxygens (including phenoxy) is 1. The van der Waals surface area contributed by atoms with Crippen LogP contribution in [0.4, 0.5) is 0 Å². The molecule has 2 N–H and O–H groups in total. The highest BCUT2D eigenvalue weighted by Gasteiger charge is 2.69. The van der Waals surface area contributed by atoms with Gasteiger partial charge in [0.1, 0.15) is 0 Å². The molecule has 1 saturated carbocycles. The predicted molar refractivity (Wildman–Crippen MR) is 90.4 cm³/mol. The van der Waals surface area contributed by atoms with Gasteiger partial charge in [0.25, 0.3) is 0 Å². The molecule has 0 radical (unpaired) electrons. The van der Waals surface area contributed by atoms with E-state index in [4.69, 9.17) is 22.1 Å². The monoisotopic (exact) mass is 351 g/mol. The lowest BCUT2D eigenvalue weighted by atomic mass is 10.1. The molecule has 3 rings (SSSR count). The molecule has 0 aromatic heterocycles. The summed E-state index contributed by atoms with van der Waals surface area (Å²) in [7, 11) is -2.03. The first-order chi connectivity index (χ1) is 10.9. The second kappa shape index (κ2) is 5.91. The van der Waals surface area contributed by atoms with Crippen molar-refractivity contribution in [3.63, 3.8) is 0 Å². The van der Waals surface area contributed by atoms with Gasteiger partial charge in [-0.25, -0.2) is 8.42 Å². The molecule has 1 aliphatic rings. The Hall–Kier alpha value is -1.40. The molecule has 0 bridgehead atoms. The van der Waals surface area contributed by atoms with Gasteiger partial charge in [-0.1, -0.05) is 41.9 Å². The fraction of sp³-hybridized carbons (Fsp3) is 0.294. The van der Waals surface area contributed by atoms with Crippen LogP contribution in [-0.2, 0) is 14.6 Å². The van der Waals surface area contributed by atoms with E-state index in [2.05, 4.69) is 0 Å². The molecule has 6 heteroatoms. The summed E-state index contributed by atoms with van der Waals surface area (Å²) in [6.07, 6.45) is 0. The lowest BCUT2D eigenvalue weighted by molar-refractivity contribution is 0.171. The van der Waals surface area contributed by atoms with E-state index in [9.17, 15) is 8.42 Å². The van der Waals surface area contributed by atoms with Crippen molar-refractivity contribution in [2.24, 2.45) is 5.73 Å². The van der Waals surface area contributed by atoms with E-state index in [-0.39, 0.29) is 17.4 Å². The van der Waals surface area contributed by atoms with Crippen molar-refractivity contribution in [2.75, 3.05) is 13.7 Å². The van der Waals surface area contributed by atoms with Crippen LogP contribution in [0.1, 0.15) is 11.5 Å². The van der Waals surface area contributed by atoms with Crippen LogP contribution in [0, 0.1) is 0 Å². The van der Waals surface area contributed by atoms with Gasteiger partial charge >= 0.3 is 0 Å². The number of hydrogen-bond donors (Lipinski definition) is 1. The molecule has 0 saturated heterocycles. The van der Waals surface area contributed by atoms with Crippen LogP contribution >= 0.6 is 11.6 Å². The highest BCUT2D eigenvalue weighted by molar-refractivity contribution is 7.92. The van der Waals surface area contributed by atoms with Gasteiger partial charge in [0, 0.05) is 18.1 Å². The van der Waals surface area contributed by atoms with Crippen molar-refractivity contribution in [1.82, 2.24) is 0 Å². The highest BCUT2D eigenvalue weighted by atomic mass is 35.5. The van der Waals surface area contributed by atoms with E-state index < -0.39 is 20.6 Å². The minimum Gasteiger partial charge on any atom is -0.383 e. The molecule has 1 fully saturated rings. The second-order valence-corrected chi connectivity index (χ2v) is 8.36. The van der Waals surface area contributed by atoms with Crippen LogP contribution in [0.15, 0.2) is 59.5 Å². The van der Waals surface area contributed by atoms with E-state index in [1.54, 1.807) is 48.5 Å². The highest BCUT2D eigenvalue weighted by Crippen LogP contribution is 2.55. The molecule has 122 valence electrons. The first-order valence-electron chi connectivity index (χ1n) is 7.23. The summed E-state index contributed by atoms with van der Waals surface area (Å²) in [6, 6.07) is 15.6. The third kappa shape index (κ3) is 2.78. The van der Waals surface area contributed by atoms with Crippen molar-refractivity contribution in [1.29, 1.82) is 0 Å². The zero-order chi connectivity index (χ0) is 16.7. The fourth-order valence-electron chi connectivity index (χ4n) is 3.25. The van der Waals surface area contributed by atoms with Gasteiger partial charge in [0.05, 0.1) is 22.3 Å². The third-order valence-electron chi connectivity index (χ3n) is 4.31. The van der Waals surface area contributed by atoms with Gasteiger partial charge in [0.2, 0.25) is 0 Å². The zero-order valence-corrected chi connectivity index (χ0v) is 14.2. The SMILES string of the molecule is COC[C@]1(N)[C@H](c2cccc(Cl)c2)[C@H]1S(=O)(=O)c1ccccc1. The van der Waals surface area contributed by atoms with Crippen LogP contribution < -0.4 is 5.73 Å². The van der Waals surface area contributed by atoms with Crippen molar-refractivity contribution in [3.8, 4) is 0 Å². The summed E-state index contributed by atoms with van der Waals surface area (Å²) in [5.74, 6) is -0.341. The summed E-state index contributed by atoms with van der Waals surface area (Å²) in [5, 5.41) is -0.166. The Labute approximate surface area is 141 Å². The van der Waals surface area contributed by atoms with Crippen molar-refractivity contribution < 1.29 is 13.2 Å². The maximum absolute atomic E-state index is 13.0. The average Bonchev–Trinajstić information content (AvgIpc) is 3.15. The first-order valence-corrected chi connectivity index (χ1v) is 9.16. The van der Waals surface area contributed by atoms with Crippen LogP contribution in [0.3, 0.4) is 0 Å².